The van der Waals surface area contributed by atoms with Crippen LogP contribution >= 0.6 is 0 Å². The van der Waals surface area contributed by atoms with Gasteiger partial charge in [0, 0.05) is 73.5 Å². The average Bonchev–Trinajstić information content (AvgIpc) is 3.70. The van der Waals surface area contributed by atoms with Gasteiger partial charge in [0.15, 0.2) is 9.84 Å². The molecule has 1 aromatic heterocycles. The maximum Gasteiger partial charge on any atom is 0.404 e. The van der Waals surface area contributed by atoms with E-state index in [0.29, 0.717) is 12.5 Å². The molecular formula is C36H46FN5O4S. The van der Waals surface area contributed by atoms with Crippen molar-refractivity contribution in [1.29, 1.82) is 0 Å². The number of sulfone groups is 1. The number of rotatable bonds is 12. The zero-order chi connectivity index (χ0) is 33.2. The van der Waals surface area contributed by atoms with E-state index in [1.165, 1.54) is 6.07 Å². The third kappa shape index (κ3) is 6.83. The fourth-order valence-corrected chi connectivity index (χ4v) is 9.40. The van der Waals surface area contributed by atoms with E-state index in [1.54, 1.807) is 24.3 Å². The predicted molar refractivity (Wildman–Crippen MR) is 181 cm³/mol. The Morgan fingerprint density at radius 1 is 1.13 bits per heavy atom. The van der Waals surface area contributed by atoms with Crippen molar-refractivity contribution in [3.63, 3.8) is 0 Å². The Morgan fingerprint density at radius 3 is 2.53 bits per heavy atom. The lowest BCUT2D eigenvalue weighted by atomic mass is 9.58. The van der Waals surface area contributed by atoms with Crippen molar-refractivity contribution in [1.82, 2.24) is 19.8 Å². The number of likely N-dealkylation sites (tertiary alicyclic amines) is 1. The first-order valence-electron chi connectivity index (χ1n) is 16.8. The van der Waals surface area contributed by atoms with Crippen LogP contribution in [-0.2, 0) is 28.2 Å². The van der Waals surface area contributed by atoms with E-state index in [2.05, 4.69) is 44.2 Å². The van der Waals surface area contributed by atoms with Gasteiger partial charge in [-0.05, 0) is 92.6 Å². The summed E-state index contributed by atoms with van der Waals surface area (Å²) in [6.07, 6.45) is 8.11. The van der Waals surface area contributed by atoms with Gasteiger partial charge in [0.05, 0.1) is 4.90 Å². The van der Waals surface area contributed by atoms with Crippen molar-refractivity contribution < 1.29 is 22.7 Å². The number of amides is 1. The molecule has 3 fully saturated rings. The molecule has 3 heterocycles. The minimum Gasteiger partial charge on any atom is -0.465 e. The molecule has 0 radical (unpaired) electrons. The van der Waals surface area contributed by atoms with Crippen LogP contribution in [0.15, 0.2) is 77.8 Å². The van der Waals surface area contributed by atoms with Gasteiger partial charge in [-0.15, -0.1) is 0 Å². The fourth-order valence-electron chi connectivity index (χ4n) is 8.69. The second kappa shape index (κ2) is 13.8. The number of carboxylic acid groups (broad SMARTS) is 1. The minimum atomic E-state index is -3.44. The van der Waals surface area contributed by atoms with Crippen molar-refractivity contribution >= 4 is 21.6 Å². The van der Waals surface area contributed by atoms with Crippen molar-refractivity contribution in [2.45, 2.75) is 68.3 Å². The van der Waals surface area contributed by atoms with Crippen molar-refractivity contribution in [3.05, 3.63) is 90.1 Å². The van der Waals surface area contributed by atoms with Gasteiger partial charge >= 0.3 is 6.09 Å². The molecule has 1 amide bonds. The molecule has 6 rings (SSSR count). The Morgan fingerprint density at radius 2 is 1.87 bits per heavy atom. The Kier molecular flexibility index (Phi) is 9.75. The number of carbonyl (C=O) groups is 1. The number of nitrogens with zero attached hydrogens (tertiary/aromatic N) is 4. The van der Waals surface area contributed by atoms with Crippen LogP contribution in [0.2, 0.25) is 0 Å². The first kappa shape index (κ1) is 33.2. The number of aryl methyl sites for hydroxylation is 1. The molecule has 3 aromatic rings. The lowest BCUT2D eigenvalue weighted by Crippen LogP contribution is -2.56. The van der Waals surface area contributed by atoms with Crippen LogP contribution in [0.25, 0.3) is 0 Å². The molecule has 0 spiro atoms. The Labute approximate surface area is 277 Å². The third-order valence-electron chi connectivity index (χ3n) is 10.9. The molecule has 9 nitrogen and oxygen atoms in total. The van der Waals surface area contributed by atoms with Crippen LogP contribution in [0.5, 0.6) is 0 Å². The number of hydrogen-bond donors (Lipinski definition) is 2. The van der Waals surface area contributed by atoms with E-state index in [4.69, 9.17) is 0 Å². The summed E-state index contributed by atoms with van der Waals surface area (Å²) in [5.74, 6) is 1.50. The molecule has 47 heavy (non-hydrogen) atoms. The van der Waals surface area contributed by atoms with Crippen LogP contribution in [-0.4, -0.2) is 72.8 Å². The number of imidazole rings is 1. The number of halogens is 1. The molecule has 2 aliphatic heterocycles. The van der Waals surface area contributed by atoms with Gasteiger partial charge in [-0.2, -0.15) is 0 Å². The van der Waals surface area contributed by atoms with Crippen LogP contribution in [0.1, 0.15) is 50.4 Å². The molecule has 252 valence electrons. The van der Waals surface area contributed by atoms with Crippen molar-refractivity contribution in [3.8, 4) is 0 Å². The first-order chi connectivity index (χ1) is 22.6. The number of anilines is 1. The maximum atomic E-state index is 15.0. The van der Waals surface area contributed by atoms with Gasteiger partial charge in [-0.3, -0.25) is 0 Å². The normalized spacial score (nSPS) is 22.5. The zero-order valence-corrected chi connectivity index (χ0v) is 27.9. The monoisotopic (exact) mass is 663 g/mol. The molecule has 3 aliphatic rings. The number of nitrogens with one attached hydrogen (secondary N) is 1. The van der Waals surface area contributed by atoms with E-state index in [9.17, 15) is 18.3 Å². The van der Waals surface area contributed by atoms with Crippen LogP contribution in [0.3, 0.4) is 0 Å². The summed E-state index contributed by atoms with van der Waals surface area (Å²) < 4.78 is 41.4. The lowest BCUT2D eigenvalue weighted by Gasteiger charge is -2.51. The fraction of sp³-hybridized carbons (Fsp3) is 0.500. The molecule has 1 saturated carbocycles. The van der Waals surface area contributed by atoms with Gasteiger partial charge in [-0.1, -0.05) is 32.1 Å². The molecule has 0 unspecified atom stereocenters. The molecule has 2 saturated heterocycles. The van der Waals surface area contributed by atoms with Crippen molar-refractivity contribution in [2.24, 2.45) is 17.8 Å². The van der Waals surface area contributed by atoms with Gasteiger partial charge in [-0.25, -0.2) is 22.6 Å². The highest BCUT2D eigenvalue weighted by atomic mass is 32.2. The molecule has 11 heteroatoms. The average molecular weight is 664 g/mol. The van der Waals surface area contributed by atoms with Gasteiger partial charge in [0.2, 0.25) is 0 Å². The molecule has 0 bridgehead atoms. The summed E-state index contributed by atoms with van der Waals surface area (Å²) in [6, 6.07) is 13.8. The minimum absolute atomic E-state index is 0.0251. The second-order valence-electron chi connectivity index (χ2n) is 13.5. The SMILES string of the molecule is C=CS(=O)(=O)c1ccc(N2CC(CN3CCC([C@@](Cn4ccnc4CC)(c4cccc(F)c4)[C@H]4CCC[C@@H]4NC(=O)O)CC3)C2)cc1. The first-order valence-corrected chi connectivity index (χ1v) is 18.4. The quantitative estimate of drug-likeness (QED) is 0.255. The summed E-state index contributed by atoms with van der Waals surface area (Å²) in [4.78, 5) is 21.6. The van der Waals surface area contributed by atoms with E-state index >= 15 is 4.39 Å². The van der Waals surface area contributed by atoms with Crippen LogP contribution in [0.4, 0.5) is 14.9 Å². The second-order valence-corrected chi connectivity index (χ2v) is 15.4. The molecule has 3 atom stereocenters. The van der Waals surface area contributed by atoms with E-state index in [1.807, 2.05) is 24.5 Å². The number of piperidine rings is 1. The highest BCUT2D eigenvalue weighted by Crippen LogP contribution is 2.52. The van der Waals surface area contributed by atoms with E-state index < -0.39 is 21.3 Å². The van der Waals surface area contributed by atoms with Gasteiger partial charge < -0.3 is 24.8 Å². The Hall–Kier alpha value is -3.70. The summed E-state index contributed by atoms with van der Waals surface area (Å²) in [6.45, 7) is 10.8. The highest BCUT2D eigenvalue weighted by Gasteiger charge is 2.52. The van der Waals surface area contributed by atoms with E-state index in [-0.39, 0.29) is 28.6 Å². The molecule has 1 aliphatic carbocycles. The largest absolute Gasteiger partial charge is 0.465 e. The highest BCUT2D eigenvalue weighted by molar-refractivity contribution is 7.94. The Balaban J connectivity index is 1.20. The summed E-state index contributed by atoms with van der Waals surface area (Å²) in [5.41, 5.74) is 1.51. The van der Waals surface area contributed by atoms with Gasteiger partial charge in [0.1, 0.15) is 11.6 Å². The molecule has 2 aromatic carbocycles. The molecular weight excluding hydrogens is 617 g/mol. The summed E-state index contributed by atoms with van der Waals surface area (Å²) >= 11 is 0. The maximum absolute atomic E-state index is 15.0. The number of hydrogen-bond acceptors (Lipinski definition) is 6. The topological polar surface area (TPSA) is 108 Å². The number of benzene rings is 2. The summed E-state index contributed by atoms with van der Waals surface area (Å²) in [5, 5.41) is 13.6. The van der Waals surface area contributed by atoms with Crippen LogP contribution in [0, 0.1) is 23.6 Å². The van der Waals surface area contributed by atoms with Crippen molar-refractivity contribution in [2.75, 3.05) is 37.6 Å². The molecule has 2 N–H and O–H groups in total. The smallest absolute Gasteiger partial charge is 0.404 e. The van der Waals surface area contributed by atoms with E-state index in [0.717, 1.165) is 93.7 Å². The zero-order valence-electron chi connectivity index (χ0n) is 27.1. The Bertz CT molecular complexity index is 1660. The standard InChI is InChI=1S/C36H46FN5O4S/c1-3-34-38-17-20-41(34)25-36(28-7-5-8-29(37)21-28,32-9-6-10-33(32)39-35(43)44)27-15-18-40(19-16-27)22-26-23-42(24-26)30-11-13-31(14-12-30)47(45,46)4-2/h4-5,7-8,11-14,17,20-21,26-27,32-33,39H,2-3,6,9-10,15-16,18-19,22-25H2,1H3,(H,43,44)/t32-,33-,36-/m0/s1. The number of aromatic nitrogens is 2. The van der Waals surface area contributed by atoms with Gasteiger partial charge in [0.25, 0.3) is 0 Å². The predicted octanol–water partition coefficient (Wildman–Crippen LogP) is 5.72. The lowest BCUT2D eigenvalue weighted by molar-refractivity contribution is 0.0548. The summed E-state index contributed by atoms with van der Waals surface area (Å²) in [7, 11) is -3.44. The third-order valence-corrected chi connectivity index (χ3v) is 12.3. The van der Waals surface area contributed by atoms with Crippen LogP contribution < -0.4 is 10.2 Å².